The molecule has 2 saturated carbocycles. The van der Waals surface area contributed by atoms with E-state index in [1.54, 1.807) is 32.9 Å². The number of hydrogen-bond donors (Lipinski definition) is 3. The fourth-order valence-electron chi connectivity index (χ4n) is 6.74. The second-order valence-electron chi connectivity index (χ2n) is 17.1. The van der Waals surface area contributed by atoms with Gasteiger partial charge in [0.05, 0.1) is 18.3 Å². The van der Waals surface area contributed by atoms with E-state index in [0.717, 1.165) is 4.90 Å². The maximum Gasteiger partial charge on any atom is 0.410 e. The Balaban J connectivity index is 1.39. The zero-order valence-corrected chi connectivity index (χ0v) is 33.5. The Bertz CT molecular complexity index is 1920. The number of benzene rings is 1. The van der Waals surface area contributed by atoms with Crippen LogP contribution in [-0.4, -0.2) is 95.0 Å². The predicted octanol–water partition coefficient (Wildman–Crippen LogP) is 3.76. The summed E-state index contributed by atoms with van der Waals surface area (Å²) in [5.74, 6) is -3.96. The lowest BCUT2D eigenvalue weighted by molar-refractivity contribution is -0.141. The number of carbonyl (C=O) groups excluding carboxylic acids is 6. The van der Waals surface area contributed by atoms with E-state index in [2.05, 4.69) is 21.9 Å². The van der Waals surface area contributed by atoms with E-state index in [-0.39, 0.29) is 56.5 Å². The van der Waals surface area contributed by atoms with Gasteiger partial charge in [0.15, 0.2) is 5.78 Å². The highest BCUT2D eigenvalue weighted by molar-refractivity contribution is 7.91. The summed E-state index contributed by atoms with van der Waals surface area (Å²) in [6.45, 7) is 14.1. The van der Waals surface area contributed by atoms with Gasteiger partial charge in [0.2, 0.25) is 21.8 Å². The first-order valence-electron chi connectivity index (χ1n) is 18.8. The van der Waals surface area contributed by atoms with E-state index >= 15 is 0 Å². The molecule has 0 radical (unpaired) electrons. The molecular formula is C39H52FN5O10S. The van der Waals surface area contributed by atoms with Crippen LogP contribution in [0.25, 0.3) is 0 Å². The molecule has 5 amide bonds. The number of ether oxygens (including phenoxy) is 2. The number of hydrogen-bond acceptors (Lipinski definition) is 10. The molecule has 1 aromatic carbocycles. The highest BCUT2D eigenvalue weighted by Crippen LogP contribution is 2.45. The van der Waals surface area contributed by atoms with Gasteiger partial charge in [-0.3, -0.25) is 28.8 Å². The van der Waals surface area contributed by atoms with Crippen molar-refractivity contribution in [3.63, 3.8) is 0 Å². The lowest BCUT2D eigenvalue weighted by Gasteiger charge is -2.30. The van der Waals surface area contributed by atoms with Gasteiger partial charge in [-0.2, -0.15) is 0 Å². The maximum atomic E-state index is 14.5. The molecule has 3 N–H and O–H groups in total. The average Bonchev–Trinajstić information content (AvgIpc) is 3.98. The Hall–Kier alpha value is -4.80. The van der Waals surface area contributed by atoms with Crippen molar-refractivity contribution in [2.45, 2.75) is 128 Å². The number of fused-ring (bicyclic) bond motifs is 1. The van der Waals surface area contributed by atoms with Crippen molar-refractivity contribution in [2.75, 3.05) is 6.54 Å². The van der Waals surface area contributed by atoms with Crippen LogP contribution >= 0.6 is 0 Å². The normalized spacial score (nSPS) is 23.9. The van der Waals surface area contributed by atoms with Gasteiger partial charge in [-0.1, -0.05) is 45.1 Å². The predicted molar refractivity (Wildman–Crippen MR) is 201 cm³/mol. The van der Waals surface area contributed by atoms with Gasteiger partial charge in [-0.05, 0) is 69.6 Å². The molecule has 15 nitrogen and oxygen atoms in total. The zero-order chi connectivity index (χ0) is 41.4. The van der Waals surface area contributed by atoms with Crippen LogP contribution in [0, 0.1) is 17.2 Å². The number of carbonyl (C=O) groups is 6. The number of sulfonamides is 1. The maximum absolute atomic E-state index is 14.5. The highest BCUT2D eigenvalue weighted by Gasteiger charge is 2.62. The van der Waals surface area contributed by atoms with Crippen molar-refractivity contribution in [3.05, 3.63) is 60.0 Å². The lowest BCUT2D eigenvalue weighted by atomic mass is 9.95. The Labute approximate surface area is 326 Å². The number of likely N-dealkylation sites (tertiary alicyclic amines) is 1. The van der Waals surface area contributed by atoms with E-state index < -0.39 is 86.2 Å². The first-order chi connectivity index (χ1) is 26.0. The minimum absolute atomic E-state index is 0.0481. The summed E-state index contributed by atoms with van der Waals surface area (Å²) in [4.78, 5) is 83.8. The number of ketones is 1. The van der Waals surface area contributed by atoms with Gasteiger partial charge in [0, 0.05) is 30.9 Å². The van der Waals surface area contributed by atoms with E-state index in [1.807, 2.05) is 20.8 Å². The summed E-state index contributed by atoms with van der Waals surface area (Å²) in [6.07, 6.45) is 2.01. The van der Waals surface area contributed by atoms with E-state index in [4.69, 9.17) is 9.47 Å². The van der Waals surface area contributed by atoms with E-state index in [1.165, 1.54) is 29.2 Å². The van der Waals surface area contributed by atoms with Gasteiger partial charge < -0.3 is 25.0 Å². The zero-order valence-electron chi connectivity index (χ0n) is 32.7. The molecule has 0 unspecified atom stereocenters. The number of allylic oxidation sites excluding steroid dienone is 2. The van der Waals surface area contributed by atoms with Gasteiger partial charge in [0.25, 0.3) is 5.91 Å². The number of halogens is 1. The van der Waals surface area contributed by atoms with Gasteiger partial charge in [-0.15, -0.1) is 6.58 Å². The number of nitrogens with zero attached hydrogens (tertiary/aromatic N) is 2. The molecule has 2 heterocycles. The topological polar surface area (TPSA) is 198 Å². The van der Waals surface area contributed by atoms with Crippen molar-refractivity contribution in [1.82, 2.24) is 25.2 Å². The molecule has 2 aliphatic carbocycles. The second kappa shape index (κ2) is 16.0. The van der Waals surface area contributed by atoms with Crippen LogP contribution in [-0.2, 0) is 51.8 Å². The van der Waals surface area contributed by atoms with Crippen molar-refractivity contribution in [3.8, 4) is 0 Å². The molecular weight excluding hydrogens is 750 g/mol. The monoisotopic (exact) mass is 801 g/mol. The largest absolute Gasteiger partial charge is 0.444 e. The first-order valence-corrected chi connectivity index (χ1v) is 20.3. The van der Waals surface area contributed by atoms with Crippen LogP contribution in [0.3, 0.4) is 0 Å². The smallest absolute Gasteiger partial charge is 0.410 e. The number of rotatable bonds is 13. The summed E-state index contributed by atoms with van der Waals surface area (Å²) in [6, 6.07) is 1.77. The van der Waals surface area contributed by atoms with Crippen molar-refractivity contribution in [2.24, 2.45) is 11.3 Å². The standard InChI is InChI=1S/C39H52FN5O10S/c1-8-24-19-39(24,34(49)43-56(52,53)27-13-14-27)42-32(47)31-18-26(54-36(51)44-20-23-10-9-11-29(40)28(23)22-44)21-45(31)33(48)30(41-35(50)55-38(5,6)7)15-12-25(46)16-17-37(2,3)4/h8-11,16-17,24,26-27,30-31H,1,12-15,18-22H2,2-7H3,(H,41,50)(H,42,47)(H,43,49)/b17-16+/t24-,26-,30+,31+,39-/m1/s1. The molecule has 1 saturated heterocycles. The minimum Gasteiger partial charge on any atom is -0.444 e. The van der Waals surface area contributed by atoms with Crippen molar-refractivity contribution < 1.29 is 51.0 Å². The Kier molecular flexibility index (Phi) is 12.1. The summed E-state index contributed by atoms with van der Waals surface area (Å²) in [7, 11) is -3.97. The molecule has 0 aromatic heterocycles. The Morgan fingerprint density at radius 1 is 1.07 bits per heavy atom. The van der Waals surface area contributed by atoms with Crippen LogP contribution in [0.15, 0.2) is 43.0 Å². The lowest BCUT2D eigenvalue weighted by Crippen LogP contribution is -2.58. The Morgan fingerprint density at radius 2 is 1.77 bits per heavy atom. The van der Waals surface area contributed by atoms with E-state index in [9.17, 15) is 41.6 Å². The highest BCUT2D eigenvalue weighted by atomic mass is 32.2. The SMILES string of the molecule is C=C[C@@H]1C[C@]1(NC(=O)[C@@H]1C[C@@H](OC(=O)N2Cc3cccc(F)c3C2)CN1C(=O)[C@H](CCC(=O)/C=C/C(C)(C)C)NC(=O)OC(C)(C)C)C(=O)NS(=O)(=O)C1CC1. The summed E-state index contributed by atoms with van der Waals surface area (Å²) < 4.78 is 53.1. The van der Waals surface area contributed by atoms with Crippen molar-refractivity contribution >= 4 is 45.7 Å². The molecule has 17 heteroatoms. The molecule has 5 atom stereocenters. The molecule has 56 heavy (non-hydrogen) atoms. The fraction of sp³-hybridized carbons (Fsp3) is 0.590. The molecule has 306 valence electrons. The van der Waals surface area contributed by atoms with Gasteiger partial charge >= 0.3 is 12.2 Å². The molecule has 2 aliphatic heterocycles. The van der Waals surface area contributed by atoms with Crippen LogP contribution in [0.5, 0.6) is 0 Å². The Morgan fingerprint density at radius 3 is 2.36 bits per heavy atom. The number of amides is 5. The minimum atomic E-state index is -3.97. The van der Waals surface area contributed by atoms with Gasteiger partial charge in [-0.25, -0.2) is 22.4 Å². The average molecular weight is 802 g/mol. The third-order valence-corrected chi connectivity index (χ3v) is 11.8. The quantitative estimate of drug-likeness (QED) is 0.195. The summed E-state index contributed by atoms with van der Waals surface area (Å²) >= 11 is 0. The molecule has 0 spiro atoms. The fourth-order valence-corrected chi connectivity index (χ4v) is 8.11. The second-order valence-corrected chi connectivity index (χ2v) is 19.0. The third kappa shape index (κ3) is 10.3. The molecule has 0 bridgehead atoms. The molecule has 5 rings (SSSR count). The molecule has 1 aromatic rings. The van der Waals surface area contributed by atoms with Crippen LogP contribution in [0.1, 0.15) is 91.2 Å². The summed E-state index contributed by atoms with van der Waals surface area (Å²) in [5, 5.41) is 4.50. The number of nitrogens with one attached hydrogen (secondary N) is 3. The van der Waals surface area contributed by atoms with Crippen LogP contribution in [0.2, 0.25) is 0 Å². The number of alkyl carbamates (subject to hydrolysis) is 1. The first kappa shape index (κ1) is 42.3. The third-order valence-electron chi connectivity index (χ3n) is 9.99. The summed E-state index contributed by atoms with van der Waals surface area (Å²) in [5.41, 5.74) is -1.95. The van der Waals surface area contributed by atoms with Gasteiger partial charge in [0.1, 0.15) is 35.1 Å². The van der Waals surface area contributed by atoms with E-state index in [0.29, 0.717) is 24.0 Å². The molecule has 4 aliphatic rings. The van der Waals surface area contributed by atoms with Crippen LogP contribution < -0.4 is 15.4 Å². The van der Waals surface area contributed by atoms with Crippen molar-refractivity contribution in [1.29, 1.82) is 0 Å². The van der Waals surface area contributed by atoms with Crippen LogP contribution in [0.4, 0.5) is 14.0 Å². The molecule has 3 fully saturated rings.